The van der Waals surface area contributed by atoms with E-state index >= 15 is 0 Å². The van der Waals surface area contributed by atoms with Gasteiger partial charge in [0.1, 0.15) is 5.52 Å². The molecule has 1 aromatic carbocycles. The van der Waals surface area contributed by atoms with Crippen LogP contribution in [0, 0.1) is 12.7 Å². The molecule has 0 aliphatic heterocycles. The van der Waals surface area contributed by atoms with Crippen molar-refractivity contribution in [3.8, 4) is 5.75 Å². The second-order valence-corrected chi connectivity index (χ2v) is 3.10. The number of aryl methyl sites for hydroxylation is 1. The van der Waals surface area contributed by atoms with E-state index in [0.717, 1.165) is 11.1 Å². The Morgan fingerprint density at radius 2 is 1.93 bits per heavy atom. The molecule has 0 bridgehead atoms. The van der Waals surface area contributed by atoms with Crippen LogP contribution in [0.5, 0.6) is 5.75 Å². The first-order chi connectivity index (χ1) is 6.72. The van der Waals surface area contributed by atoms with Crippen molar-refractivity contribution in [1.29, 1.82) is 0 Å². The highest BCUT2D eigenvalue weighted by molar-refractivity contribution is 5.84. The molecule has 2 rings (SSSR count). The fourth-order valence-corrected chi connectivity index (χ4v) is 1.43. The largest absolute Gasteiger partial charge is 0.491 e. The third-order valence-electron chi connectivity index (χ3n) is 2.11. The van der Waals surface area contributed by atoms with E-state index in [2.05, 4.69) is 4.98 Å². The molecule has 1 heterocycles. The predicted octanol–water partition coefficient (Wildman–Crippen LogP) is 2.69. The molecule has 0 fully saturated rings. The lowest BCUT2D eigenvalue weighted by Gasteiger charge is -2.05. The van der Waals surface area contributed by atoms with Crippen molar-refractivity contribution in [2.45, 2.75) is 6.92 Å². The fourth-order valence-electron chi connectivity index (χ4n) is 1.43. The zero-order chi connectivity index (χ0) is 10.1. The van der Waals surface area contributed by atoms with E-state index in [1.54, 1.807) is 6.07 Å². The smallest absolute Gasteiger partial charge is 0.180 e. The molecule has 0 saturated carbocycles. The number of hydrogen-bond donors (Lipinski definition) is 0. The minimum absolute atomic E-state index is 0.214. The van der Waals surface area contributed by atoms with Gasteiger partial charge in [0.2, 0.25) is 0 Å². The normalized spacial score (nSPS) is 10.5. The fraction of sp³-hybridized carbons (Fsp3) is 0.182. The summed E-state index contributed by atoms with van der Waals surface area (Å²) in [6.07, 6.45) is 0. The van der Waals surface area contributed by atoms with Crippen molar-refractivity contribution in [2.75, 3.05) is 7.11 Å². The number of halogens is 1. The number of rotatable bonds is 1. The van der Waals surface area contributed by atoms with E-state index in [1.165, 1.54) is 13.2 Å². The van der Waals surface area contributed by atoms with Crippen LogP contribution < -0.4 is 4.74 Å². The van der Waals surface area contributed by atoms with Crippen LogP contribution >= 0.6 is 0 Å². The zero-order valence-corrected chi connectivity index (χ0v) is 8.04. The molecule has 1 aromatic heterocycles. The van der Waals surface area contributed by atoms with Crippen LogP contribution in [-0.4, -0.2) is 12.1 Å². The summed E-state index contributed by atoms with van der Waals surface area (Å²) in [7, 11) is 1.45. The van der Waals surface area contributed by atoms with Gasteiger partial charge in [-0.3, -0.25) is 0 Å². The number of hydrogen-bond acceptors (Lipinski definition) is 2. The molecule has 0 atom stereocenters. The molecule has 0 aliphatic rings. The first-order valence-electron chi connectivity index (χ1n) is 4.32. The SMILES string of the molecule is COc1c(F)ccc2ccc(C)nc12. The highest BCUT2D eigenvalue weighted by Gasteiger charge is 2.08. The standard InChI is InChI=1S/C11H10FNO/c1-7-3-4-8-5-6-9(12)11(14-2)10(8)13-7/h3-6H,1-2H3. The van der Waals surface area contributed by atoms with E-state index in [0.29, 0.717) is 5.52 Å². The molecule has 0 amide bonds. The molecular formula is C11H10FNO. The van der Waals surface area contributed by atoms with Gasteiger partial charge in [-0.15, -0.1) is 0 Å². The summed E-state index contributed by atoms with van der Waals surface area (Å²) < 4.78 is 18.3. The summed E-state index contributed by atoms with van der Waals surface area (Å²) in [5.41, 5.74) is 1.42. The topological polar surface area (TPSA) is 22.1 Å². The predicted molar refractivity (Wildman–Crippen MR) is 53.0 cm³/mol. The Morgan fingerprint density at radius 3 is 2.64 bits per heavy atom. The van der Waals surface area contributed by atoms with Crippen molar-refractivity contribution >= 4 is 10.9 Å². The maximum absolute atomic E-state index is 13.3. The summed E-state index contributed by atoms with van der Waals surface area (Å²) in [6.45, 7) is 1.86. The Labute approximate surface area is 81.3 Å². The number of aromatic nitrogens is 1. The van der Waals surface area contributed by atoms with E-state index < -0.39 is 0 Å². The Balaban J connectivity index is 2.84. The second-order valence-electron chi connectivity index (χ2n) is 3.10. The van der Waals surface area contributed by atoms with Crippen LogP contribution in [0.25, 0.3) is 10.9 Å². The summed E-state index contributed by atoms with van der Waals surface area (Å²) in [6, 6.07) is 6.87. The lowest BCUT2D eigenvalue weighted by atomic mass is 10.2. The number of fused-ring (bicyclic) bond motifs is 1. The molecule has 2 nitrogen and oxygen atoms in total. The molecule has 0 unspecified atom stereocenters. The van der Waals surface area contributed by atoms with E-state index in [1.807, 2.05) is 19.1 Å². The Kier molecular flexibility index (Phi) is 2.08. The lowest BCUT2D eigenvalue weighted by molar-refractivity contribution is 0.391. The van der Waals surface area contributed by atoms with Crippen LogP contribution in [0.15, 0.2) is 24.3 Å². The van der Waals surface area contributed by atoms with E-state index in [9.17, 15) is 4.39 Å². The van der Waals surface area contributed by atoms with Crippen LogP contribution in [0.3, 0.4) is 0 Å². The number of ether oxygens (including phenoxy) is 1. The van der Waals surface area contributed by atoms with Gasteiger partial charge in [-0.2, -0.15) is 0 Å². The highest BCUT2D eigenvalue weighted by Crippen LogP contribution is 2.26. The van der Waals surface area contributed by atoms with E-state index in [-0.39, 0.29) is 11.6 Å². The first kappa shape index (κ1) is 8.94. The molecule has 0 N–H and O–H groups in total. The van der Waals surface area contributed by atoms with Crippen molar-refractivity contribution < 1.29 is 9.13 Å². The maximum Gasteiger partial charge on any atom is 0.180 e. The van der Waals surface area contributed by atoms with Gasteiger partial charge in [0.25, 0.3) is 0 Å². The summed E-state index contributed by atoms with van der Waals surface area (Å²) in [4.78, 5) is 4.24. The van der Waals surface area contributed by atoms with Crippen molar-refractivity contribution in [3.63, 3.8) is 0 Å². The molecule has 0 radical (unpaired) electrons. The third kappa shape index (κ3) is 1.31. The Bertz CT molecular complexity index is 477. The van der Waals surface area contributed by atoms with Crippen LogP contribution in [-0.2, 0) is 0 Å². The van der Waals surface area contributed by atoms with Gasteiger partial charge in [0.05, 0.1) is 7.11 Å². The van der Waals surface area contributed by atoms with Crippen molar-refractivity contribution in [2.24, 2.45) is 0 Å². The number of pyridine rings is 1. The van der Waals surface area contributed by atoms with Gasteiger partial charge in [-0.1, -0.05) is 6.07 Å². The van der Waals surface area contributed by atoms with Crippen molar-refractivity contribution in [3.05, 3.63) is 35.8 Å². The van der Waals surface area contributed by atoms with Gasteiger partial charge < -0.3 is 4.74 Å². The minimum atomic E-state index is -0.377. The Hall–Kier alpha value is -1.64. The number of nitrogens with zero attached hydrogens (tertiary/aromatic N) is 1. The van der Waals surface area contributed by atoms with Crippen LogP contribution in [0.2, 0.25) is 0 Å². The van der Waals surface area contributed by atoms with E-state index in [4.69, 9.17) is 4.74 Å². The lowest BCUT2D eigenvalue weighted by Crippen LogP contribution is -1.92. The monoisotopic (exact) mass is 191 g/mol. The highest BCUT2D eigenvalue weighted by atomic mass is 19.1. The molecule has 0 aliphatic carbocycles. The van der Waals surface area contributed by atoms with Gasteiger partial charge in [-0.25, -0.2) is 9.37 Å². The third-order valence-corrected chi connectivity index (χ3v) is 2.11. The average molecular weight is 191 g/mol. The van der Waals surface area contributed by atoms with Crippen LogP contribution in [0.4, 0.5) is 4.39 Å². The molecule has 72 valence electrons. The maximum atomic E-state index is 13.3. The average Bonchev–Trinajstić information content (AvgIpc) is 2.17. The zero-order valence-electron chi connectivity index (χ0n) is 8.04. The number of benzene rings is 1. The minimum Gasteiger partial charge on any atom is -0.491 e. The van der Waals surface area contributed by atoms with Gasteiger partial charge >= 0.3 is 0 Å². The Morgan fingerprint density at radius 1 is 1.21 bits per heavy atom. The quantitative estimate of drug-likeness (QED) is 0.691. The molecular weight excluding hydrogens is 181 g/mol. The molecule has 0 spiro atoms. The molecule has 0 saturated heterocycles. The summed E-state index contributed by atoms with van der Waals surface area (Å²) in [5, 5.41) is 0.883. The molecule has 14 heavy (non-hydrogen) atoms. The molecule has 3 heteroatoms. The van der Waals surface area contributed by atoms with Gasteiger partial charge in [-0.05, 0) is 25.1 Å². The number of methoxy groups -OCH3 is 1. The van der Waals surface area contributed by atoms with Gasteiger partial charge in [0.15, 0.2) is 11.6 Å². The van der Waals surface area contributed by atoms with Crippen molar-refractivity contribution in [1.82, 2.24) is 4.98 Å². The molecule has 2 aromatic rings. The second kappa shape index (κ2) is 3.25. The first-order valence-corrected chi connectivity index (χ1v) is 4.32. The summed E-state index contributed by atoms with van der Waals surface area (Å²) >= 11 is 0. The summed E-state index contributed by atoms with van der Waals surface area (Å²) in [5.74, 6) is -0.163. The van der Waals surface area contributed by atoms with Gasteiger partial charge in [0, 0.05) is 11.1 Å². The van der Waals surface area contributed by atoms with Crippen LogP contribution in [0.1, 0.15) is 5.69 Å².